The van der Waals surface area contributed by atoms with E-state index in [2.05, 4.69) is 15.3 Å². The Labute approximate surface area is 150 Å². The predicted molar refractivity (Wildman–Crippen MR) is 95.7 cm³/mol. The molecule has 5 nitrogen and oxygen atoms in total. The van der Waals surface area contributed by atoms with Gasteiger partial charge in [-0.3, -0.25) is 9.36 Å². The number of amides is 1. The summed E-state index contributed by atoms with van der Waals surface area (Å²) < 4.78 is 1.79. The van der Waals surface area contributed by atoms with Crippen molar-refractivity contribution in [3.05, 3.63) is 77.5 Å². The number of hydrogen-bond acceptors (Lipinski definition) is 3. The highest BCUT2D eigenvalue weighted by atomic mass is 35.5. The minimum atomic E-state index is -0.114. The molecule has 1 N–H and O–H groups in total. The zero-order chi connectivity index (χ0) is 17.2. The van der Waals surface area contributed by atoms with Crippen LogP contribution in [0, 0.1) is 5.92 Å². The maximum atomic E-state index is 12.6. The van der Waals surface area contributed by atoms with Gasteiger partial charge in [0, 0.05) is 23.6 Å². The lowest BCUT2D eigenvalue weighted by molar-refractivity contribution is 0.0931. The molecule has 1 atom stereocenters. The molecule has 2 aromatic heterocycles. The lowest BCUT2D eigenvalue weighted by Crippen LogP contribution is -2.30. The minimum absolute atomic E-state index is 0.0121. The smallest absolute Gasteiger partial charge is 0.253 e. The molecule has 1 unspecified atom stereocenters. The highest BCUT2D eigenvalue weighted by Crippen LogP contribution is 2.41. The summed E-state index contributed by atoms with van der Waals surface area (Å²) in [7, 11) is 0. The van der Waals surface area contributed by atoms with E-state index < -0.39 is 0 Å². The molecule has 0 radical (unpaired) electrons. The Morgan fingerprint density at radius 3 is 2.60 bits per heavy atom. The fourth-order valence-electron chi connectivity index (χ4n) is 2.87. The summed E-state index contributed by atoms with van der Waals surface area (Å²) in [5, 5.41) is 3.84. The summed E-state index contributed by atoms with van der Waals surface area (Å²) in [6.07, 6.45) is 9.03. The number of benzene rings is 1. The lowest BCUT2D eigenvalue weighted by atomic mass is 10.0. The van der Waals surface area contributed by atoms with Crippen LogP contribution in [0.3, 0.4) is 0 Å². The number of rotatable bonds is 5. The second kappa shape index (κ2) is 6.69. The molecule has 1 amide bonds. The first-order valence-corrected chi connectivity index (χ1v) is 8.59. The molecule has 0 aliphatic heterocycles. The standard InChI is InChI=1S/C19H17ClN4O/c20-16-6-3-14(4-7-16)18(13-1-2-13)23-19(25)15-5-8-17(22-11-15)24-10-9-21-12-24/h3-13,18H,1-2H2,(H,23,25). The van der Waals surface area contributed by atoms with Crippen LogP contribution in [-0.2, 0) is 0 Å². The Kier molecular flexibility index (Phi) is 4.24. The summed E-state index contributed by atoms with van der Waals surface area (Å²) in [6.45, 7) is 0. The topological polar surface area (TPSA) is 59.8 Å². The van der Waals surface area contributed by atoms with Gasteiger partial charge in [0.2, 0.25) is 0 Å². The molecule has 0 saturated heterocycles. The molecule has 25 heavy (non-hydrogen) atoms. The van der Waals surface area contributed by atoms with E-state index in [1.807, 2.05) is 36.5 Å². The lowest BCUT2D eigenvalue weighted by Gasteiger charge is -2.19. The molecular formula is C19H17ClN4O. The third-order valence-electron chi connectivity index (χ3n) is 4.39. The van der Waals surface area contributed by atoms with Gasteiger partial charge in [-0.15, -0.1) is 0 Å². The molecule has 126 valence electrons. The summed E-state index contributed by atoms with van der Waals surface area (Å²) in [5.41, 5.74) is 1.63. The molecule has 1 aromatic carbocycles. The van der Waals surface area contributed by atoms with Crippen molar-refractivity contribution < 1.29 is 4.79 Å². The van der Waals surface area contributed by atoms with Crippen molar-refractivity contribution in [2.24, 2.45) is 5.92 Å². The average molecular weight is 353 g/mol. The van der Waals surface area contributed by atoms with Gasteiger partial charge >= 0.3 is 0 Å². The maximum absolute atomic E-state index is 12.6. The van der Waals surface area contributed by atoms with Crippen molar-refractivity contribution in [1.82, 2.24) is 19.9 Å². The van der Waals surface area contributed by atoms with Gasteiger partial charge in [-0.2, -0.15) is 0 Å². The van der Waals surface area contributed by atoms with Crippen molar-refractivity contribution in [3.8, 4) is 5.82 Å². The van der Waals surface area contributed by atoms with Gasteiger partial charge in [0.1, 0.15) is 12.1 Å². The number of carbonyl (C=O) groups is 1. The average Bonchev–Trinajstić information content (AvgIpc) is 3.33. The molecule has 6 heteroatoms. The van der Waals surface area contributed by atoms with Crippen LogP contribution >= 0.6 is 11.6 Å². The zero-order valence-corrected chi connectivity index (χ0v) is 14.2. The van der Waals surface area contributed by atoms with Crippen LogP contribution in [0.15, 0.2) is 61.3 Å². The number of hydrogen-bond donors (Lipinski definition) is 1. The van der Waals surface area contributed by atoms with Crippen LogP contribution in [0.4, 0.5) is 0 Å². The van der Waals surface area contributed by atoms with Gasteiger partial charge in [0.05, 0.1) is 11.6 Å². The van der Waals surface area contributed by atoms with E-state index in [1.54, 1.807) is 29.4 Å². The summed E-state index contributed by atoms with van der Waals surface area (Å²) in [6, 6.07) is 11.3. The van der Waals surface area contributed by atoms with Gasteiger partial charge in [-0.05, 0) is 48.6 Å². The largest absolute Gasteiger partial charge is 0.345 e. The van der Waals surface area contributed by atoms with Crippen LogP contribution in [0.2, 0.25) is 5.02 Å². The van der Waals surface area contributed by atoms with Crippen LogP contribution in [0.25, 0.3) is 5.82 Å². The minimum Gasteiger partial charge on any atom is -0.345 e. The first kappa shape index (κ1) is 15.8. The van der Waals surface area contributed by atoms with E-state index >= 15 is 0 Å². The molecule has 1 fully saturated rings. The van der Waals surface area contributed by atoms with E-state index in [0.717, 1.165) is 24.2 Å². The quantitative estimate of drug-likeness (QED) is 0.759. The normalized spacial score (nSPS) is 14.9. The van der Waals surface area contributed by atoms with Crippen molar-refractivity contribution in [1.29, 1.82) is 0 Å². The Hall–Kier alpha value is -2.66. The molecular weight excluding hydrogens is 336 g/mol. The SMILES string of the molecule is O=C(NC(c1ccc(Cl)cc1)C1CC1)c1ccc(-n2ccnc2)nc1. The van der Waals surface area contributed by atoms with Crippen molar-refractivity contribution >= 4 is 17.5 Å². The fraction of sp³-hybridized carbons (Fsp3) is 0.211. The number of pyridine rings is 1. The number of carbonyl (C=O) groups excluding carboxylic acids is 1. The Morgan fingerprint density at radius 2 is 2.00 bits per heavy atom. The monoisotopic (exact) mass is 352 g/mol. The molecule has 0 bridgehead atoms. The van der Waals surface area contributed by atoms with Crippen molar-refractivity contribution in [2.75, 3.05) is 0 Å². The van der Waals surface area contributed by atoms with Crippen LogP contribution in [0.5, 0.6) is 0 Å². The van der Waals surface area contributed by atoms with Crippen LogP contribution < -0.4 is 5.32 Å². The number of nitrogens with one attached hydrogen (secondary N) is 1. The van der Waals surface area contributed by atoms with E-state index in [1.165, 1.54) is 0 Å². The fourth-order valence-corrected chi connectivity index (χ4v) is 2.99. The summed E-state index contributed by atoms with van der Waals surface area (Å²) in [5.74, 6) is 1.10. The van der Waals surface area contributed by atoms with Gasteiger partial charge in [0.25, 0.3) is 5.91 Å². The van der Waals surface area contributed by atoms with Gasteiger partial charge in [-0.1, -0.05) is 23.7 Å². The number of nitrogens with zero attached hydrogens (tertiary/aromatic N) is 3. The molecule has 3 aromatic rings. The van der Waals surface area contributed by atoms with E-state index in [4.69, 9.17) is 11.6 Å². The van der Waals surface area contributed by atoms with Gasteiger partial charge in [0.15, 0.2) is 0 Å². The first-order valence-electron chi connectivity index (χ1n) is 8.21. The number of aromatic nitrogens is 3. The molecule has 1 aliphatic carbocycles. The van der Waals surface area contributed by atoms with E-state index in [0.29, 0.717) is 16.5 Å². The number of imidazole rings is 1. The van der Waals surface area contributed by atoms with Crippen LogP contribution in [0.1, 0.15) is 34.8 Å². The molecule has 4 rings (SSSR count). The summed E-state index contributed by atoms with van der Waals surface area (Å²) in [4.78, 5) is 21.0. The van der Waals surface area contributed by atoms with Crippen molar-refractivity contribution in [2.45, 2.75) is 18.9 Å². The second-order valence-electron chi connectivity index (χ2n) is 6.22. The van der Waals surface area contributed by atoms with E-state index in [-0.39, 0.29) is 11.9 Å². The Balaban J connectivity index is 1.50. The third kappa shape index (κ3) is 3.56. The van der Waals surface area contributed by atoms with Gasteiger partial charge in [-0.25, -0.2) is 9.97 Å². The molecule has 1 aliphatic rings. The van der Waals surface area contributed by atoms with E-state index in [9.17, 15) is 4.79 Å². The van der Waals surface area contributed by atoms with Crippen molar-refractivity contribution in [3.63, 3.8) is 0 Å². The second-order valence-corrected chi connectivity index (χ2v) is 6.65. The maximum Gasteiger partial charge on any atom is 0.253 e. The third-order valence-corrected chi connectivity index (χ3v) is 4.64. The molecule has 0 spiro atoms. The Morgan fingerprint density at radius 1 is 1.20 bits per heavy atom. The van der Waals surface area contributed by atoms with Crippen LogP contribution in [-0.4, -0.2) is 20.4 Å². The highest BCUT2D eigenvalue weighted by molar-refractivity contribution is 6.30. The first-order chi connectivity index (χ1) is 12.2. The number of halogens is 1. The predicted octanol–water partition coefficient (Wildman–Crippen LogP) is 3.80. The molecule has 2 heterocycles. The Bertz CT molecular complexity index is 855. The summed E-state index contributed by atoms with van der Waals surface area (Å²) >= 11 is 5.97. The zero-order valence-electron chi connectivity index (χ0n) is 13.5. The molecule has 1 saturated carbocycles. The highest BCUT2D eigenvalue weighted by Gasteiger charge is 2.33. The van der Waals surface area contributed by atoms with Gasteiger partial charge < -0.3 is 5.32 Å².